The molecule has 0 bridgehead atoms. The fourth-order valence-corrected chi connectivity index (χ4v) is 6.52. The number of hydrazone groups is 1. The molecule has 4 nitrogen and oxygen atoms in total. The number of hydrogen-bond donors (Lipinski definition) is 0. The summed E-state index contributed by atoms with van der Waals surface area (Å²) in [6.45, 7) is -0.0340. The Balaban J connectivity index is 1.28. The Bertz CT molecular complexity index is 1370. The molecule has 0 radical (unpaired) electrons. The van der Waals surface area contributed by atoms with Crippen LogP contribution in [0.2, 0.25) is 0 Å². The van der Waals surface area contributed by atoms with E-state index in [4.69, 9.17) is 9.84 Å². The van der Waals surface area contributed by atoms with Crippen LogP contribution < -0.4 is 4.74 Å². The first-order chi connectivity index (χ1) is 16.8. The van der Waals surface area contributed by atoms with E-state index in [9.17, 15) is 4.79 Å². The fraction of sp³-hybridized carbons (Fsp3) is 0.214. The largest absolute Gasteiger partial charge is 0.484 e. The lowest BCUT2D eigenvalue weighted by Crippen LogP contribution is -2.34. The van der Waals surface area contributed by atoms with Crippen molar-refractivity contribution >= 4 is 51.1 Å². The minimum Gasteiger partial charge on any atom is -0.484 e. The highest BCUT2D eigenvalue weighted by Crippen LogP contribution is 2.45. The number of benzene rings is 2. The van der Waals surface area contributed by atoms with Crippen molar-refractivity contribution in [3.63, 3.8) is 0 Å². The van der Waals surface area contributed by atoms with E-state index in [1.54, 1.807) is 27.7 Å². The molecule has 6 heteroatoms. The number of fused-ring (bicyclic) bond motifs is 2. The standard InChI is InChI=1S/C28H24N2O2S2/c31-26(18-32-22-13-12-19-6-1-2-7-20(19)16-22)30-28(25-11-5-15-34-25)24-10-3-8-21(27(24)29-30)17-23-9-4-14-33-23/h1-2,4-7,9,11-17,24,28H,3,8,10,18H2/b21-17-/t24-,28-/m1/s1. The summed E-state index contributed by atoms with van der Waals surface area (Å²) in [4.78, 5) is 15.8. The molecule has 0 spiro atoms. The molecule has 1 aliphatic heterocycles. The number of carbonyl (C=O) groups is 1. The lowest BCUT2D eigenvalue weighted by atomic mass is 9.79. The molecule has 0 saturated heterocycles. The number of thiophene rings is 2. The third kappa shape index (κ3) is 4.08. The maximum atomic E-state index is 13.4. The van der Waals surface area contributed by atoms with Gasteiger partial charge in [0.2, 0.25) is 0 Å². The first-order valence-corrected chi connectivity index (χ1v) is 13.3. The smallest absolute Gasteiger partial charge is 0.281 e. The number of ether oxygens (including phenoxy) is 1. The zero-order valence-electron chi connectivity index (χ0n) is 18.6. The molecule has 6 rings (SSSR count). The molecule has 2 aliphatic rings. The molecule has 2 atom stereocenters. The Morgan fingerprint density at radius 1 is 1.03 bits per heavy atom. The Hall–Kier alpha value is -3.22. The minimum absolute atomic E-state index is 0.0340. The van der Waals surface area contributed by atoms with Gasteiger partial charge >= 0.3 is 0 Å². The highest BCUT2D eigenvalue weighted by molar-refractivity contribution is 7.11. The molecule has 1 fully saturated rings. The van der Waals surface area contributed by atoms with Gasteiger partial charge in [0.1, 0.15) is 5.75 Å². The molecule has 1 amide bonds. The number of allylic oxidation sites excluding steroid dienone is 1. The van der Waals surface area contributed by atoms with Gasteiger partial charge in [-0.15, -0.1) is 22.7 Å². The summed E-state index contributed by atoms with van der Waals surface area (Å²) in [6, 6.07) is 22.4. The second kappa shape index (κ2) is 9.20. The molecular formula is C28H24N2O2S2. The summed E-state index contributed by atoms with van der Waals surface area (Å²) < 4.78 is 5.95. The molecule has 4 aromatic rings. The van der Waals surface area contributed by atoms with Crippen LogP contribution in [0, 0.1) is 5.92 Å². The van der Waals surface area contributed by atoms with Gasteiger partial charge in [-0.2, -0.15) is 5.10 Å². The summed E-state index contributed by atoms with van der Waals surface area (Å²) in [5.74, 6) is 0.814. The Morgan fingerprint density at radius 2 is 1.88 bits per heavy atom. The molecule has 34 heavy (non-hydrogen) atoms. The van der Waals surface area contributed by atoms with Crippen LogP contribution in [0.5, 0.6) is 5.75 Å². The monoisotopic (exact) mass is 484 g/mol. The third-order valence-corrected chi connectivity index (χ3v) is 8.30. The normalized spacial score (nSPS) is 21.0. The second-order valence-corrected chi connectivity index (χ2v) is 10.6. The first kappa shape index (κ1) is 21.3. The van der Waals surface area contributed by atoms with Gasteiger partial charge in [-0.05, 0) is 76.7 Å². The minimum atomic E-state index is -0.107. The molecule has 2 aromatic carbocycles. The topological polar surface area (TPSA) is 41.9 Å². The summed E-state index contributed by atoms with van der Waals surface area (Å²) in [5, 5.41) is 13.0. The lowest BCUT2D eigenvalue weighted by Gasteiger charge is -2.28. The van der Waals surface area contributed by atoms with Gasteiger partial charge in [-0.25, -0.2) is 5.01 Å². The van der Waals surface area contributed by atoms with Gasteiger partial charge in [0, 0.05) is 15.7 Å². The van der Waals surface area contributed by atoms with Crippen molar-refractivity contribution in [3.8, 4) is 5.75 Å². The van der Waals surface area contributed by atoms with E-state index in [0.717, 1.165) is 35.7 Å². The summed E-state index contributed by atoms with van der Waals surface area (Å²) in [6.07, 6.45) is 5.40. The van der Waals surface area contributed by atoms with Crippen LogP contribution in [0.1, 0.15) is 35.1 Å². The SMILES string of the molecule is O=C(COc1ccc2ccccc2c1)N1N=C2/C(=C\c3cccs3)CCC[C@H]2[C@@H]1c1cccs1. The quantitative estimate of drug-likeness (QED) is 0.301. The van der Waals surface area contributed by atoms with Crippen LogP contribution in [0.3, 0.4) is 0 Å². The summed E-state index contributed by atoms with van der Waals surface area (Å²) >= 11 is 3.43. The van der Waals surface area contributed by atoms with Crippen LogP contribution in [0.25, 0.3) is 16.8 Å². The van der Waals surface area contributed by atoms with Crippen molar-refractivity contribution in [1.29, 1.82) is 0 Å². The molecule has 0 unspecified atom stereocenters. The maximum Gasteiger partial charge on any atom is 0.281 e. The van der Waals surface area contributed by atoms with E-state index in [1.807, 2.05) is 30.3 Å². The maximum absolute atomic E-state index is 13.4. The van der Waals surface area contributed by atoms with Gasteiger partial charge in [-0.1, -0.05) is 42.5 Å². The Labute approximate surface area is 206 Å². The average Bonchev–Trinajstić information content (AvgIpc) is 3.63. The zero-order chi connectivity index (χ0) is 22.9. The molecule has 3 heterocycles. The summed E-state index contributed by atoms with van der Waals surface area (Å²) in [7, 11) is 0. The highest BCUT2D eigenvalue weighted by atomic mass is 32.1. The van der Waals surface area contributed by atoms with Crippen LogP contribution >= 0.6 is 22.7 Å². The fourth-order valence-electron chi connectivity index (χ4n) is 4.96. The van der Waals surface area contributed by atoms with E-state index in [0.29, 0.717) is 5.75 Å². The Morgan fingerprint density at radius 3 is 2.71 bits per heavy atom. The van der Waals surface area contributed by atoms with Gasteiger partial charge in [0.15, 0.2) is 6.61 Å². The third-order valence-electron chi connectivity index (χ3n) is 6.53. The van der Waals surface area contributed by atoms with Crippen LogP contribution in [-0.2, 0) is 4.79 Å². The van der Waals surface area contributed by atoms with E-state index in [-0.39, 0.29) is 24.5 Å². The number of rotatable bonds is 5. The van der Waals surface area contributed by atoms with E-state index < -0.39 is 0 Å². The molecule has 2 aromatic heterocycles. The number of amides is 1. The van der Waals surface area contributed by atoms with E-state index in [2.05, 4.69) is 53.2 Å². The number of hydrogen-bond acceptors (Lipinski definition) is 5. The molecule has 1 saturated carbocycles. The van der Waals surface area contributed by atoms with Crippen LogP contribution in [0.4, 0.5) is 0 Å². The van der Waals surface area contributed by atoms with Gasteiger partial charge in [0.25, 0.3) is 5.91 Å². The predicted molar refractivity (Wildman–Crippen MR) is 140 cm³/mol. The van der Waals surface area contributed by atoms with Crippen molar-refractivity contribution < 1.29 is 9.53 Å². The van der Waals surface area contributed by atoms with Crippen molar-refractivity contribution in [2.24, 2.45) is 11.0 Å². The van der Waals surface area contributed by atoms with Gasteiger partial charge in [0.05, 0.1) is 11.8 Å². The Kier molecular flexibility index (Phi) is 5.77. The van der Waals surface area contributed by atoms with E-state index >= 15 is 0 Å². The first-order valence-electron chi connectivity index (χ1n) is 11.6. The predicted octanol–water partition coefficient (Wildman–Crippen LogP) is 7.16. The molecular weight excluding hydrogens is 460 g/mol. The lowest BCUT2D eigenvalue weighted by molar-refractivity contribution is -0.135. The van der Waals surface area contributed by atoms with Gasteiger partial charge in [-0.3, -0.25) is 4.79 Å². The highest BCUT2D eigenvalue weighted by Gasteiger charge is 2.44. The summed E-state index contributed by atoms with van der Waals surface area (Å²) in [5.41, 5.74) is 2.32. The zero-order valence-corrected chi connectivity index (χ0v) is 20.2. The van der Waals surface area contributed by atoms with Crippen LogP contribution in [-0.4, -0.2) is 23.2 Å². The molecule has 0 N–H and O–H groups in total. The van der Waals surface area contributed by atoms with Crippen molar-refractivity contribution in [1.82, 2.24) is 5.01 Å². The van der Waals surface area contributed by atoms with Crippen molar-refractivity contribution in [2.45, 2.75) is 25.3 Å². The second-order valence-electron chi connectivity index (χ2n) is 8.67. The molecule has 170 valence electrons. The van der Waals surface area contributed by atoms with Gasteiger partial charge < -0.3 is 4.74 Å². The number of nitrogens with zero attached hydrogens (tertiary/aromatic N) is 2. The molecule has 1 aliphatic carbocycles. The average molecular weight is 485 g/mol. The van der Waals surface area contributed by atoms with Crippen molar-refractivity contribution in [2.75, 3.05) is 6.61 Å². The van der Waals surface area contributed by atoms with Crippen LogP contribution in [0.15, 0.2) is 88.2 Å². The van der Waals surface area contributed by atoms with E-state index in [1.165, 1.54) is 15.3 Å². The number of carbonyl (C=O) groups excluding carboxylic acids is 1. The van der Waals surface area contributed by atoms with Crippen molar-refractivity contribution in [3.05, 3.63) is 92.8 Å².